The summed E-state index contributed by atoms with van der Waals surface area (Å²) in [6.07, 6.45) is 0.255. The number of nitrogens with two attached hydrogens (primary N) is 1. The minimum Gasteiger partial charge on any atom is -0.399 e. The Labute approximate surface area is 115 Å². The highest BCUT2D eigenvalue weighted by Gasteiger charge is 2.13. The zero-order chi connectivity index (χ0) is 13.1. The lowest BCUT2D eigenvalue weighted by molar-refractivity contribution is 0.0993. The van der Waals surface area contributed by atoms with Crippen molar-refractivity contribution in [1.29, 1.82) is 0 Å². The van der Waals surface area contributed by atoms with Gasteiger partial charge in [0.1, 0.15) is 0 Å². The van der Waals surface area contributed by atoms with E-state index in [1.165, 1.54) is 0 Å². The quantitative estimate of drug-likeness (QED) is 0.682. The van der Waals surface area contributed by atoms with Crippen molar-refractivity contribution in [2.75, 3.05) is 5.73 Å². The van der Waals surface area contributed by atoms with E-state index in [-0.39, 0.29) is 12.2 Å². The first kappa shape index (κ1) is 12.9. The van der Waals surface area contributed by atoms with E-state index in [0.717, 1.165) is 5.56 Å². The molecule has 0 spiro atoms. The van der Waals surface area contributed by atoms with Crippen molar-refractivity contribution in [3.05, 3.63) is 63.6 Å². The van der Waals surface area contributed by atoms with Crippen LogP contribution in [0.25, 0.3) is 0 Å². The number of benzene rings is 2. The molecule has 18 heavy (non-hydrogen) atoms. The molecule has 0 aliphatic rings. The van der Waals surface area contributed by atoms with Crippen molar-refractivity contribution in [3.8, 4) is 0 Å². The van der Waals surface area contributed by atoms with Crippen LogP contribution in [0.1, 0.15) is 15.9 Å². The first-order chi connectivity index (χ1) is 8.58. The number of carbonyl (C=O) groups is 1. The van der Waals surface area contributed by atoms with Crippen LogP contribution in [0, 0.1) is 0 Å². The predicted octanol–water partition coefficient (Wildman–Crippen LogP) is 4.00. The van der Waals surface area contributed by atoms with Crippen LogP contribution in [0.15, 0.2) is 42.5 Å². The van der Waals surface area contributed by atoms with Crippen LogP contribution < -0.4 is 5.73 Å². The summed E-state index contributed by atoms with van der Waals surface area (Å²) in [6.45, 7) is 0. The van der Waals surface area contributed by atoms with Gasteiger partial charge in [0.25, 0.3) is 0 Å². The molecule has 2 aromatic rings. The van der Waals surface area contributed by atoms with Crippen molar-refractivity contribution < 1.29 is 4.79 Å². The number of anilines is 1. The monoisotopic (exact) mass is 279 g/mol. The molecule has 4 heteroatoms. The standard InChI is InChI=1S/C14H11Cl2NO/c15-12-6-2-5-11(14(12)16)13(18)8-9-3-1-4-10(17)7-9/h1-7H,8,17H2. The minimum absolute atomic E-state index is 0.0758. The molecule has 0 atom stereocenters. The van der Waals surface area contributed by atoms with Crippen LogP contribution in [-0.4, -0.2) is 5.78 Å². The van der Waals surface area contributed by atoms with E-state index in [4.69, 9.17) is 28.9 Å². The molecule has 0 aliphatic carbocycles. The molecule has 0 unspecified atom stereocenters. The molecule has 0 aliphatic heterocycles. The van der Waals surface area contributed by atoms with Gasteiger partial charge in [-0.25, -0.2) is 0 Å². The van der Waals surface area contributed by atoms with Gasteiger partial charge in [-0.3, -0.25) is 4.79 Å². The Morgan fingerprint density at radius 2 is 1.83 bits per heavy atom. The Bertz CT molecular complexity index is 596. The van der Waals surface area contributed by atoms with Crippen LogP contribution in [0.5, 0.6) is 0 Å². The summed E-state index contributed by atoms with van der Waals surface area (Å²) < 4.78 is 0. The van der Waals surface area contributed by atoms with Crippen LogP contribution in [0.3, 0.4) is 0 Å². The third-order valence-corrected chi connectivity index (χ3v) is 3.39. The topological polar surface area (TPSA) is 43.1 Å². The molecule has 0 saturated carbocycles. The lowest BCUT2D eigenvalue weighted by Crippen LogP contribution is -2.04. The molecule has 2 nitrogen and oxygen atoms in total. The Morgan fingerprint density at radius 3 is 2.56 bits per heavy atom. The zero-order valence-electron chi connectivity index (χ0n) is 9.49. The maximum absolute atomic E-state index is 12.1. The number of ketones is 1. The van der Waals surface area contributed by atoms with Crippen molar-refractivity contribution in [2.45, 2.75) is 6.42 Å². The number of hydrogen-bond acceptors (Lipinski definition) is 2. The highest BCUT2D eigenvalue weighted by atomic mass is 35.5. The van der Waals surface area contributed by atoms with Crippen molar-refractivity contribution >= 4 is 34.7 Å². The van der Waals surface area contributed by atoms with Crippen LogP contribution in [-0.2, 0) is 6.42 Å². The fourth-order valence-corrected chi connectivity index (χ4v) is 2.11. The largest absolute Gasteiger partial charge is 0.399 e. The lowest BCUT2D eigenvalue weighted by Gasteiger charge is -2.05. The van der Waals surface area contributed by atoms with E-state index in [1.54, 1.807) is 30.3 Å². The van der Waals surface area contributed by atoms with Gasteiger partial charge in [0, 0.05) is 17.7 Å². The lowest BCUT2D eigenvalue weighted by atomic mass is 10.0. The van der Waals surface area contributed by atoms with Gasteiger partial charge in [0.05, 0.1) is 10.0 Å². The molecular weight excluding hydrogens is 269 g/mol. The normalized spacial score (nSPS) is 10.3. The number of rotatable bonds is 3. The fourth-order valence-electron chi connectivity index (χ4n) is 1.70. The number of Topliss-reactive ketones (excluding diaryl/α,β-unsaturated/α-hetero) is 1. The Kier molecular flexibility index (Phi) is 3.90. The molecular formula is C14H11Cl2NO. The van der Waals surface area contributed by atoms with Gasteiger partial charge < -0.3 is 5.73 Å². The van der Waals surface area contributed by atoms with E-state index in [9.17, 15) is 4.79 Å². The first-order valence-electron chi connectivity index (χ1n) is 5.39. The third-order valence-electron chi connectivity index (χ3n) is 2.57. The average Bonchev–Trinajstić information content (AvgIpc) is 2.32. The maximum Gasteiger partial charge on any atom is 0.168 e. The minimum atomic E-state index is -0.0758. The second-order valence-electron chi connectivity index (χ2n) is 3.95. The molecule has 92 valence electrons. The van der Waals surface area contributed by atoms with Crippen LogP contribution in [0.4, 0.5) is 5.69 Å². The Balaban J connectivity index is 2.25. The first-order valence-corrected chi connectivity index (χ1v) is 6.15. The van der Waals surface area contributed by atoms with E-state index in [0.29, 0.717) is 21.3 Å². The number of nitrogen functional groups attached to an aromatic ring is 1. The van der Waals surface area contributed by atoms with Gasteiger partial charge in [-0.15, -0.1) is 0 Å². The molecule has 2 aromatic carbocycles. The summed E-state index contributed by atoms with van der Waals surface area (Å²) in [4.78, 5) is 12.1. The van der Waals surface area contributed by atoms with Gasteiger partial charge in [-0.2, -0.15) is 0 Å². The molecule has 0 heterocycles. The van der Waals surface area contributed by atoms with E-state index < -0.39 is 0 Å². The van der Waals surface area contributed by atoms with Crippen molar-refractivity contribution in [1.82, 2.24) is 0 Å². The summed E-state index contributed by atoms with van der Waals surface area (Å²) >= 11 is 11.9. The second kappa shape index (κ2) is 5.42. The van der Waals surface area contributed by atoms with E-state index >= 15 is 0 Å². The zero-order valence-corrected chi connectivity index (χ0v) is 11.0. The van der Waals surface area contributed by atoms with Gasteiger partial charge in [0.2, 0.25) is 0 Å². The van der Waals surface area contributed by atoms with Gasteiger partial charge in [0.15, 0.2) is 5.78 Å². The van der Waals surface area contributed by atoms with E-state index in [1.807, 2.05) is 12.1 Å². The van der Waals surface area contributed by atoms with Crippen molar-refractivity contribution in [2.24, 2.45) is 0 Å². The van der Waals surface area contributed by atoms with Gasteiger partial charge in [-0.05, 0) is 29.8 Å². The summed E-state index contributed by atoms with van der Waals surface area (Å²) in [5, 5.41) is 0.683. The van der Waals surface area contributed by atoms with E-state index in [2.05, 4.69) is 0 Å². The molecule has 0 fully saturated rings. The summed E-state index contributed by atoms with van der Waals surface area (Å²) in [5.74, 6) is -0.0758. The highest BCUT2D eigenvalue weighted by molar-refractivity contribution is 6.43. The van der Waals surface area contributed by atoms with Gasteiger partial charge >= 0.3 is 0 Å². The number of hydrogen-bond donors (Lipinski definition) is 1. The number of carbonyl (C=O) groups excluding carboxylic acids is 1. The molecule has 2 rings (SSSR count). The fraction of sp³-hybridized carbons (Fsp3) is 0.0714. The molecule has 2 N–H and O–H groups in total. The summed E-state index contributed by atoms with van der Waals surface area (Å²) in [7, 11) is 0. The van der Waals surface area contributed by atoms with Crippen molar-refractivity contribution in [3.63, 3.8) is 0 Å². The van der Waals surface area contributed by atoms with Gasteiger partial charge in [-0.1, -0.05) is 41.4 Å². The summed E-state index contributed by atoms with van der Waals surface area (Å²) in [6, 6.07) is 12.3. The number of halogens is 2. The molecule has 0 amide bonds. The molecule has 0 aromatic heterocycles. The molecule has 0 radical (unpaired) electrons. The SMILES string of the molecule is Nc1cccc(CC(=O)c2cccc(Cl)c2Cl)c1. The second-order valence-corrected chi connectivity index (χ2v) is 4.73. The van der Waals surface area contributed by atoms with Crippen LogP contribution in [0.2, 0.25) is 10.0 Å². The Hall–Kier alpha value is -1.51. The highest BCUT2D eigenvalue weighted by Crippen LogP contribution is 2.26. The smallest absolute Gasteiger partial charge is 0.168 e. The summed E-state index contributed by atoms with van der Waals surface area (Å²) in [5.41, 5.74) is 7.60. The third kappa shape index (κ3) is 2.84. The van der Waals surface area contributed by atoms with Crippen LogP contribution >= 0.6 is 23.2 Å². The Morgan fingerprint density at radius 1 is 1.11 bits per heavy atom. The molecule has 0 saturated heterocycles. The maximum atomic E-state index is 12.1. The predicted molar refractivity (Wildman–Crippen MR) is 75.4 cm³/mol. The molecule has 0 bridgehead atoms. The average molecular weight is 280 g/mol.